The van der Waals surface area contributed by atoms with Crippen LogP contribution in [0.1, 0.15) is 68.4 Å². The molecule has 1 aromatic rings. The van der Waals surface area contributed by atoms with Crippen LogP contribution in [0.25, 0.3) is 0 Å². The van der Waals surface area contributed by atoms with Gasteiger partial charge in [-0.3, -0.25) is 0 Å². The molecule has 0 unspecified atom stereocenters. The van der Waals surface area contributed by atoms with Crippen LogP contribution in [0.5, 0.6) is 0 Å². The van der Waals surface area contributed by atoms with Crippen molar-refractivity contribution in [3.8, 4) is 0 Å². The van der Waals surface area contributed by atoms with Crippen LogP contribution in [0.2, 0.25) is 0 Å². The molecule has 0 radical (unpaired) electrons. The van der Waals surface area contributed by atoms with Crippen molar-refractivity contribution in [2.45, 2.75) is 63.5 Å². The molecule has 0 amide bonds. The highest BCUT2D eigenvalue weighted by Crippen LogP contribution is 2.44. The van der Waals surface area contributed by atoms with Gasteiger partial charge in [-0.05, 0) is 92.7 Å². The second-order valence-corrected chi connectivity index (χ2v) is 8.29. The van der Waals surface area contributed by atoms with E-state index in [0.29, 0.717) is 18.4 Å². The minimum atomic E-state index is -4.24. The summed E-state index contributed by atoms with van der Waals surface area (Å²) in [6, 6.07) is 5.84. The van der Waals surface area contributed by atoms with Crippen molar-refractivity contribution in [2.24, 2.45) is 17.8 Å². The second kappa shape index (κ2) is 9.27. The molecule has 0 saturated heterocycles. The van der Waals surface area contributed by atoms with Crippen molar-refractivity contribution in [1.29, 1.82) is 0 Å². The van der Waals surface area contributed by atoms with E-state index in [2.05, 4.69) is 12.2 Å². The number of hydrogen-bond donors (Lipinski definition) is 0. The van der Waals surface area contributed by atoms with Crippen molar-refractivity contribution in [3.63, 3.8) is 0 Å². The zero-order chi connectivity index (χ0) is 19.3. The van der Waals surface area contributed by atoms with E-state index in [-0.39, 0.29) is 0 Å². The summed E-state index contributed by atoms with van der Waals surface area (Å²) in [5.41, 5.74) is 0.532. The third kappa shape index (κ3) is 5.60. The first-order valence-electron chi connectivity index (χ1n) is 10.3. The summed E-state index contributed by atoms with van der Waals surface area (Å²) in [6.07, 6.45) is 10.1. The summed E-state index contributed by atoms with van der Waals surface area (Å²) in [5.74, 6) is 2.78. The lowest BCUT2D eigenvalue weighted by Gasteiger charge is -2.37. The molecule has 150 valence electrons. The summed E-state index contributed by atoms with van der Waals surface area (Å²) in [4.78, 5) is 0. The zero-order valence-electron chi connectivity index (χ0n) is 16.2. The first kappa shape index (κ1) is 20.4. The Kier molecular flexibility index (Phi) is 7.02. The predicted molar refractivity (Wildman–Crippen MR) is 103 cm³/mol. The van der Waals surface area contributed by atoms with Crippen molar-refractivity contribution in [1.82, 2.24) is 0 Å². The highest BCUT2D eigenvalue weighted by Gasteiger charge is 2.32. The highest BCUT2D eigenvalue weighted by molar-refractivity contribution is 5.27. The van der Waals surface area contributed by atoms with Gasteiger partial charge >= 0.3 is 6.18 Å². The third-order valence-corrected chi connectivity index (χ3v) is 6.64. The van der Waals surface area contributed by atoms with Gasteiger partial charge in [0.2, 0.25) is 0 Å². The molecular formula is C23H31F3O. The van der Waals surface area contributed by atoms with Crippen LogP contribution in [0.15, 0.2) is 36.4 Å². The monoisotopic (exact) mass is 380 g/mol. The summed E-state index contributed by atoms with van der Waals surface area (Å²) >= 11 is 0. The molecule has 1 aromatic carbocycles. The first-order chi connectivity index (χ1) is 13.0. The van der Waals surface area contributed by atoms with Gasteiger partial charge in [-0.1, -0.05) is 24.3 Å². The van der Waals surface area contributed by atoms with Crippen LogP contribution < -0.4 is 0 Å². The molecule has 27 heavy (non-hydrogen) atoms. The van der Waals surface area contributed by atoms with E-state index in [9.17, 15) is 13.2 Å². The molecule has 0 aliphatic heterocycles. The number of benzene rings is 1. The summed E-state index contributed by atoms with van der Waals surface area (Å²) < 4.78 is 43.2. The van der Waals surface area contributed by atoms with Crippen LogP contribution in [0.3, 0.4) is 0 Å². The molecule has 2 aliphatic carbocycles. The molecule has 2 aliphatic rings. The molecule has 0 heterocycles. The summed E-state index contributed by atoms with van der Waals surface area (Å²) in [6.45, 7) is 0.702. The number of hydrogen-bond acceptors (Lipinski definition) is 1. The second-order valence-electron chi connectivity index (χ2n) is 8.29. The van der Waals surface area contributed by atoms with Crippen molar-refractivity contribution < 1.29 is 17.9 Å². The minimum Gasteiger partial charge on any atom is -0.381 e. The Morgan fingerprint density at radius 1 is 0.889 bits per heavy atom. The fraction of sp³-hybridized carbons (Fsp3) is 0.652. The fourth-order valence-electron chi connectivity index (χ4n) is 5.02. The maximum absolute atomic E-state index is 12.7. The molecule has 0 spiro atoms. The van der Waals surface area contributed by atoms with E-state index < -0.39 is 11.7 Å². The molecule has 0 N–H and O–H groups in total. The molecule has 2 saturated carbocycles. The van der Waals surface area contributed by atoms with Gasteiger partial charge in [0, 0.05) is 7.11 Å². The molecule has 2 fully saturated rings. The van der Waals surface area contributed by atoms with Crippen LogP contribution in [-0.4, -0.2) is 13.7 Å². The number of alkyl halides is 3. The SMILES string of the molecule is COCC=CC1CCC(C2CCC(c3ccc(C(F)(F)F)cc3)CC2)CC1. The van der Waals surface area contributed by atoms with Gasteiger partial charge in [-0.2, -0.15) is 13.2 Å². The molecule has 0 atom stereocenters. The normalized spacial score (nSPS) is 29.9. The summed E-state index contributed by atoms with van der Waals surface area (Å²) in [7, 11) is 1.72. The van der Waals surface area contributed by atoms with E-state index in [1.165, 1.54) is 50.7 Å². The van der Waals surface area contributed by atoms with Gasteiger partial charge in [0.15, 0.2) is 0 Å². The van der Waals surface area contributed by atoms with Gasteiger partial charge in [-0.25, -0.2) is 0 Å². The smallest absolute Gasteiger partial charge is 0.381 e. The zero-order valence-corrected chi connectivity index (χ0v) is 16.2. The van der Waals surface area contributed by atoms with E-state index in [1.54, 1.807) is 19.2 Å². The fourth-order valence-corrected chi connectivity index (χ4v) is 5.02. The van der Waals surface area contributed by atoms with Crippen LogP contribution in [0, 0.1) is 17.8 Å². The summed E-state index contributed by atoms with van der Waals surface area (Å²) in [5, 5.41) is 0. The molecule has 1 nitrogen and oxygen atoms in total. The quantitative estimate of drug-likeness (QED) is 0.500. The van der Waals surface area contributed by atoms with Gasteiger partial charge in [0.1, 0.15) is 0 Å². The Morgan fingerprint density at radius 2 is 1.44 bits per heavy atom. The number of methoxy groups -OCH3 is 1. The average Bonchev–Trinajstić information content (AvgIpc) is 2.68. The van der Waals surface area contributed by atoms with Crippen molar-refractivity contribution >= 4 is 0 Å². The Morgan fingerprint density at radius 3 is 1.96 bits per heavy atom. The van der Waals surface area contributed by atoms with Crippen molar-refractivity contribution in [3.05, 3.63) is 47.5 Å². The molecule has 4 heteroatoms. The molecule has 0 aromatic heterocycles. The Labute approximate surface area is 161 Å². The lowest BCUT2D eigenvalue weighted by molar-refractivity contribution is -0.137. The Balaban J connectivity index is 1.45. The average molecular weight is 380 g/mol. The lowest BCUT2D eigenvalue weighted by Crippen LogP contribution is -2.25. The van der Waals surface area contributed by atoms with Crippen LogP contribution >= 0.6 is 0 Å². The maximum atomic E-state index is 12.7. The van der Waals surface area contributed by atoms with E-state index in [0.717, 1.165) is 30.2 Å². The van der Waals surface area contributed by atoms with E-state index in [4.69, 9.17) is 4.74 Å². The lowest BCUT2D eigenvalue weighted by atomic mass is 9.68. The largest absolute Gasteiger partial charge is 0.416 e. The minimum absolute atomic E-state index is 0.428. The molecule has 0 bridgehead atoms. The van der Waals surface area contributed by atoms with E-state index in [1.807, 2.05) is 0 Å². The predicted octanol–water partition coefficient (Wildman–Crippen LogP) is 6.99. The topological polar surface area (TPSA) is 9.23 Å². The van der Waals surface area contributed by atoms with Crippen LogP contribution in [0.4, 0.5) is 13.2 Å². The Bertz CT molecular complexity index is 589. The number of halogens is 3. The van der Waals surface area contributed by atoms with Gasteiger partial charge in [-0.15, -0.1) is 0 Å². The standard InChI is InChI=1S/C23H31F3O/c1-27-16-2-3-17-4-6-18(7-5-17)19-8-10-20(11-9-19)21-12-14-22(15-13-21)23(24,25)26/h2-3,12-15,17-20H,4-11,16H2,1H3. The third-order valence-electron chi connectivity index (χ3n) is 6.64. The maximum Gasteiger partial charge on any atom is 0.416 e. The Hall–Kier alpha value is -1.29. The van der Waals surface area contributed by atoms with Gasteiger partial charge < -0.3 is 4.74 Å². The van der Waals surface area contributed by atoms with Crippen LogP contribution in [-0.2, 0) is 10.9 Å². The molecule has 3 rings (SSSR count). The van der Waals surface area contributed by atoms with Gasteiger partial charge in [0.25, 0.3) is 0 Å². The number of rotatable bonds is 5. The first-order valence-corrected chi connectivity index (χ1v) is 10.3. The highest BCUT2D eigenvalue weighted by atomic mass is 19.4. The molecular weight excluding hydrogens is 349 g/mol. The van der Waals surface area contributed by atoms with E-state index >= 15 is 0 Å². The number of allylic oxidation sites excluding steroid dienone is 1. The number of ether oxygens (including phenoxy) is 1. The van der Waals surface area contributed by atoms with Gasteiger partial charge in [0.05, 0.1) is 12.2 Å². The van der Waals surface area contributed by atoms with Crippen molar-refractivity contribution in [2.75, 3.05) is 13.7 Å².